The van der Waals surface area contributed by atoms with Crippen molar-refractivity contribution in [3.63, 3.8) is 0 Å². The van der Waals surface area contributed by atoms with Crippen LogP contribution in [0.1, 0.15) is 6.42 Å². The van der Waals surface area contributed by atoms with Crippen LogP contribution in [-0.2, 0) is 0 Å². The van der Waals surface area contributed by atoms with Gasteiger partial charge >= 0.3 is 0 Å². The zero-order valence-corrected chi connectivity index (χ0v) is 7.42. The van der Waals surface area contributed by atoms with E-state index in [1.54, 1.807) is 0 Å². The second-order valence-corrected chi connectivity index (χ2v) is 6.42. The van der Waals surface area contributed by atoms with Crippen LogP contribution in [0.2, 0.25) is 0 Å². The van der Waals surface area contributed by atoms with Crippen molar-refractivity contribution in [2.24, 2.45) is 0 Å². The molecule has 0 spiro atoms. The Kier molecular flexibility index (Phi) is 3.84. The third-order valence-corrected chi connectivity index (χ3v) is 1.38. The van der Waals surface area contributed by atoms with Gasteiger partial charge in [-0.25, -0.2) is 0 Å². The monoisotopic (exact) mass is 250 g/mol. The molecule has 0 amide bonds. The standard InChI is InChI=1S/C3H5Br2ClO/c4-3(5,6)1-2-7/h7H,1-2H2. The lowest BCUT2D eigenvalue weighted by Gasteiger charge is -2.06. The molecule has 1 N–H and O–H groups in total. The molecule has 0 aliphatic carbocycles. The van der Waals surface area contributed by atoms with E-state index < -0.39 is 2.69 Å². The quantitative estimate of drug-likeness (QED) is 0.746. The average molecular weight is 252 g/mol. The molecule has 7 heavy (non-hydrogen) atoms. The van der Waals surface area contributed by atoms with Gasteiger partial charge in [-0.05, 0) is 0 Å². The molecule has 0 aliphatic heterocycles. The van der Waals surface area contributed by atoms with Gasteiger partial charge in [0.2, 0.25) is 0 Å². The van der Waals surface area contributed by atoms with Crippen LogP contribution in [0.15, 0.2) is 0 Å². The predicted molar refractivity (Wildman–Crippen MR) is 38.1 cm³/mol. The van der Waals surface area contributed by atoms with Crippen molar-refractivity contribution in [2.45, 2.75) is 9.11 Å². The zero-order valence-electron chi connectivity index (χ0n) is 3.50. The van der Waals surface area contributed by atoms with Gasteiger partial charge in [0.1, 0.15) is 0 Å². The lowest BCUT2D eigenvalue weighted by atomic mass is 10.5. The summed E-state index contributed by atoms with van der Waals surface area (Å²) in [6.07, 6.45) is 0.495. The molecule has 0 saturated carbocycles. The highest BCUT2D eigenvalue weighted by Gasteiger charge is 2.15. The van der Waals surface area contributed by atoms with Gasteiger partial charge < -0.3 is 5.11 Å². The molecule has 0 heterocycles. The molecule has 0 aromatic rings. The summed E-state index contributed by atoms with van der Waals surface area (Å²) in [5.74, 6) is 0. The SMILES string of the molecule is OCCC(Cl)(Br)Br. The third-order valence-electron chi connectivity index (χ3n) is 0.395. The van der Waals surface area contributed by atoms with Crippen molar-refractivity contribution < 1.29 is 5.11 Å². The molecule has 1 nitrogen and oxygen atoms in total. The maximum absolute atomic E-state index is 8.26. The maximum Gasteiger partial charge on any atom is 0.155 e. The molecule has 0 fully saturated rings. The Morgan fingerprint density at radius 3 is 2.00 bits per heavy atom. The summed E-state index contributed by atoms with van der Waals surface area (Å²) in [5.41, 5.74) is 0. The van der Waals surface area contributed by atoms with Crippen molar-refractivity contribution in [1.82, 2.24) is 0 Å². The summed E-state index contributed by atoms with van der Waals surface area (Å²) in [6, 6.07) is 0. The van der Waals surface area contributed by atoms with Crippen molar-refractivity contribution in [1.29, 1.82) is 0 Å². The lowest BCUT2D eigenvalue weighted by Crippen LogP contribution is -2.01. The molecule has 0 aromatic heterocycles. The highest BCUT2D eigenvalue weighted by Crippen LogP contribution is 2.33. The Morgan fingerprint density at radius 2 is 2.00 bits per heavy atom. The van der Waals surface area contributed by atoms with Crippen LogP contribution in [0.5, 0.6) is 0 Å². The van der Waals surface area contributed by atoms with Crippen molar-refractivity contribution in [3.8, 4) is 0 Å². The van der Waals surface area contributed by atoms with Crippen LogP contribution < -0.4 is 0 Å². The fourth-order valence-electron chi connectivity index (χ4n) is 0.127. The zero-order chi connectivity index (χ0) is 5.91. The molecule has 0 saturated heterocycles. The van der Waals surface area contributed by atoms with Gasteiger partial charge in [0.05, 0.1) is 0 Å². The van der Waals surface area contributed by atoms with Crippen LogP contribution in [0.3, 0.4) is 0 Å². The molecule has 4 heteroatoms. The van der Waals surface area contributed by atoms with Gasteiger partial charge in [0.15, 0.2) is 2.69 Å². The Bertz CT molecular complexity index is 51.4. The van der Waals surface area contributed by atoms with E-state index in [-0.39, 0.29) is 6.61 Å². The summed E-state index contributed by atoms with van der Waals surface area (Å²) >= 11 is 11.6. The van der Waals surface area contributed by atoms with Crippen LogP contribution in [0.4, 0.5) is 0 Å². The fourth-order valence-corrected chi connectivity index (χ4v) is 0.566. The first-order chi connectivity index (χ1) is 3.06. The highest BCUT2D eigenvalue weighted by atomic mass is 79.9. The number of hydrogen-bond donors (Lipinski definition) is 1. The van der Waals surface area contributed by atoms with Gasteiger partial charge in [-0.2, -0.15) is 0 Å². The fraction of sp³-hybridized carbons (Fsp3) is 1.00. The second kappa shape index (κ2) is 3.28. The van der Waals surface area contributed by atoms with E-state index in [9.17, 15) is 0 Å². The van der Waals surface area contributed by atoms with Crippen molar-refractivity contribution >= 4 is 43.5 Å². The second-order valence-electron chi connectivity index (χ2n) is 1.09. The molecule has 0 bridgehead atoms. The number of alkyl halides is 3. The summed E-state index contributed by atoms with van der Waals surface area (Å²) in [7, 11) is 0. The average Bonchev–Trinajstić information content (AvgIpc) is 1.30. The van der Waals surface area contributed by atoms with Gasteiger partial charge in [-0.15, -0.1) is 0 Å². The summed E-state index contributed by atoms with van der Waals surface area (Å²) in [6.45, 7) is 0.0833. The molecule has 0 radical (unpaired) electrons. The topological polar surface area (TPSA) is 20.2 Å². The lowest BCUT2D eigenvalue weighted by molar-refractivity contribution is 0.292. The van der Waals surface area contributed by atoms with Crippen LogP contribution >= 0.6 is 43.5 Å². The van der Waals surface area contributed by atoms with Gasteiger partial charge in [0.25, 0.3) is 0 Å². The maximum atomic E-state index is 8.26. The largest absolute Gasteiger partial charge is 0.396 e. The summed E-state index contributed by atoms with van der Waals surface area (Å²) in [5, 5.41) is 8.26. The molecule has 0 aliphatic rings. The van der Waals surface area contributed by atoms with Gasteiger partial charge in [-0.3, -0.25) is 0 Å². The van der Waals surface area contributed by atoms with Crippen LogP contribution in [0, 0.1) is 0 Å². The first-order valence-corrected chi connectivity index (χ1v) is 3.70. The number of rotatable bonds is 2. The van der Waals surface area contributed by atoms with E-state index in [4.69, 9.17) is 16.7 Å². The third kappa shape index (κ3) is 7.21. The Labute approximate surface area is 64.3 Å². The molecule has 0 atom stereocenters. The smallest absolute Gasteiger partial charge is 0.155 e. The molecule has 0 unspecified atom stereocenters. The minimum Gasteiger partial charge on any atom is -0.396 e. The minimum atomic E-state index is -0.602. The van der Waals surface area contributed by atoms with Crippen molar-refractivity contribution in [2.75, 3.05) is 6.61 Å². The molecule has 0 aromatic carbocycles. The van der Waals surface area contributed by atoms with Gasteiger partial charge in [-0.1, -0.05) is 43.5 Å². The van der Waals surface area contributed by atoms with E-state index >= 15 is 0 Å². The first kappa shape index (κ1) is 8.21. The first-order valence-electron chi connectivity index (χ1n) is 1.74. The van der Waals surface area contributed by atoms with E-state index in [0.29, 0.717) is 6.42 Å². The normalized spacial score (nSPS) is 12.0. The number of halogens is 3. The summed E-state index contributed by atoms with van der Waals surface area (Å²) < 4.78 is -0.602. The Morgan fingerprint density at radius 1 is 1.57 bits per heavy atom. The van der Waals surface area contributed by atoms with E-state index in [2.05, 4.69) is 31.9 Å². The Hall–Kier alpha value is 1.21. The highest BCUT2D eigenvalue weighted by molar-refractivity contribution is 9.26. The van der Waals surface area contributed by atoms with Crippen LogP contribution in [0.25, 0.3) is 0 Å². The molecule has 44 valence electrons. The molecule has 0 rings (SSSR count). The van der Waals surface area contributed by atoms with E-state index in [1.165, 1.54) is 0 Å². The van der Waals surface area contributed by atoms with Crippen molar-refractivity contribution in [3.05, 3.63) is 0 Å². The Balaban J connectivity index is 3.15. The van der Waals surface area contributed by atoms with E-state index in [1.807, 2.05) is 0 Å². The molecular weight excluding hydrogens is 247 g/mol. The molecular formula is C3H5Br2ClO. The van der Waals surface area contributed by atoms with E-state index in [0.717, 1.165) is 0 Å². The summed E-state index contributed by atoms with van der Waals surface area (Å²) in [4.78, 5) is 0. The number of aliphatic hydroxyl groups is 1. The van der Waals surface area contributed by atoms with Gasteiger partial charge in [0, 0.05) is 13.0 Å². The number of hydrogen-bond acceptors (Lipinski definition) is 1. The predicted octanol–water partition coefficient (Wildman–Crippen LogP) is 2.05. The number of aliphatic hydroxyl groups excluding tert-OH is 1. The minimum absolute atomic E-state index is 0.0833. The van der Waals surface area contributed by atoms with Crippen LogP contribution in [-0.4, -0.2) is 14.4 Å².